The molecule has 1 amide bonds. The molecule has 2 rings (SSSR count). The Balaban J connectivity index is 1.64. The van der Waals surface area contributed by atoms with Crippen molar-refractivity contribution in [3.8, 4) is 0 Å². The number of benzene rings is 1. The molecule has 0 atom stereocenters. The first kappa shape index (κ1) is 18.1. The molecule has 0 bridgehead atoms. The van der Waals surface area contributed by atoms with E-state index in [1.807, 2.05) is 20.8 Å². The highest BCUT2D eigenvalue weighted by molar-refractivity contribution is 5.75. The molecule has 0 spiro atoms. The Morgan fingerprint density at radius 1 is 1.21 bits per heavy atom. The molecule has 6 heteroatoms. The van der Waals surface area contributed by atoms with E-state index in [9.17, 15) is 9.18 Å². The third-order valence-electron chi connectivity index (χ3n) is 3.58. The molecule has 0 unspecified atom stereocenters. The van der Waals surface area contributed by atoms with Crippen molar-refractivity contribution in [1.82, 2.24) is 15.5 Å². The highest BCUT2D eigenvalue weighted by atomic mass is 19.1. The van der Waals surface area contributed by atoms with Gasteiger partial charge in [0.05, 0.1) is 0 Å². The van der Waals surface area contributed by atoms with Gasteiger partial charge in [0.15, 0.2) is 5.82 Å². The van der Waals surface area contributed by atoms with Crippen LogP contribution in [0.4, 0.5) is 4.39 Å². The van der Waals surface area contributed by atoms with Crippen LogP contribution in [0.15, 0.2) is 28.8 Å². The minimum atomic E-state index is -0.251. The van der Waals surface area contributed by atoms with Crippen LogP contribution in [0.1, 0.15) is 50.9 Å². The van der Waals surface area contributed by atoms with Crippen LogP contribution in [0.25, 0.3) is 0 Å². The minimum Gasteiger partial charge on any atom is -0.356 e. The zero-order valence-corrected chi connectivity index (χ0v) is 14.4. The Bertz CT molecular complexity index is 660. The number of carbonyl (C=O) groups is 1. The molecular formula is C18H24FN3O2. The third kappa shape index (κ3) is 5.76. The van der Waals surface area contributed by atoms with E-state index in [0.29, 0.717) is 43.9 Å². The molecule has 1 N–H and O–H groups in total. The van der Waals surface area contributed by atoms with E-state index < -0.39 is 0 Å². The SMILES string of the molecule is CC(C)(C)c1noc(CCCC(=O)NCCc2ccc(F)cc2)n1. The van der Waals surface area contributed by atoms with E-state index in [4.69, 9.17) is 4.52 Å². The average molecular weight is 333 g/mol. The Hall–Kier alpha value is -2.24. The summed E-state index contributed by atoms with van der Waals surface area (Å²) in [7, 11) is 0. The van der Waals surface area contributed by atoms with Gasteiger partial charge in [-0.05, 0) is 30.5 Å². The summed E-state index contributed by atoms with van der Waals surface area (Å²) in [5.41, 5.74) is 0.858. The molecular weight excluding hydrogens is 309 g/mol. The van der Waals surface area contributed by atoms with E-state index in [-0.39, 0.29) is 17.1 Å². The molecule has 0 saturated carbocycles. The summed E-state index contributed by atoms with van der Waals surface area (Å²) in [6, 6.07) is 6.30. The molecule has 0 radical (unpaired) electrons. The Kier molecular flexibility index (Phi) is 6.06. The molecule has 1 heterocycles. The largest absolute Gasteiger partial charge is 0.356 e. The summed E-state index contributed by atoms with van der Waals surface area (Å²) in [6.45, 7) is 6.61. The van der Waals surface area contributed by atoms with Gasteiger partial charge in [0.25, 0.3) is 0 Å². The smallest absolute Gasteiger partial charge is 0.226 e. The number of nitrogens with zero attached hydrogens (tertiary/aromatic N) is 2. The summed E-state index contributed by atoms with van der Waals surface area (Å²) in [5.74, 6) is 0.992. The maximum Gasteiger partial charge on any atom is 0.226 e. The number of aromatic nitrogens is 2. The van der Waals surface area contributed by atoms with Crippen LogP contribution >= 0.6 is 0 Å². The maximum atomic E-state index is 12.8. The Morgan fingerprint density at radius 2 is 1.92 bits per heavy atom. The van der Waals surface area contributed by atoms with Crippen LogP contribution in [-0.2, 0) is 23.1 Å². The molecule has 0 aliphatic heterocycles. The molecule has 0 aliphatic carbocycles. The number of aryl methyl sites for hydroxylation is 1. The minimum absolute atomic E-state index is 0.00679. The molecule has 0 fully saturated rings. The monoisotopic (exact) mass is 333 g/mol. The topological polar surface area (TPSA) is 68.0 Å². The van der Waals surface area contributed by atoms with Gasteiger partial charge < -0.3 is 9.84 Å². The predicted octanol–water partition coefficient (Wildman–Crippen LogP) is 3.19. The lowest BCUT2D eigenvalue weighted by Crippen LogP contribution is -2.25. The van der Waals surface area contributed by atoms with E-state index in [0.717, 1.165) is 5.56 Å². The second kappa shape index (κ2) is 8.04. The van der Waals surface area contributed by atoms with Gasteiger partial charge in [-0.15, -0.1) is 0 Å². The van der Waals surface area contributed by atoms with E-state index in [1.54, 1.807) is 12.1 Å². The second-order valence-electron chi connectivity index (χ2n) is 6.84. The highest BCUT2D eigenvalue weighted by Crippen LogP contribution is 2.18. The first-order chi connectivity index (χ1) is 11.3. The first-order valence-corrected chi connectivity index (χ1v) is 8.19. The van der Waals surface area contributed by atoms with Gasteiger partial charge in [0.2, 0.25) is 11.8 Å². The molecule has 5 nitrogen and oxygen atoms in total. The summed E-state index contributed by atoms with van der Waals surface area (Å²) >= 11 is 0. The van der Waals surface area contributed by atoms with Crippen molar-refractivity contribution in [2.24, 2.45) is 0 Å². The maximum absolute atomic E-state index is 12.8. The van der Waals surface area contributed by atoms with Crippen molar-refractivity contribution < 1.29 is 13.7 Å². The fourth-order valence-corrected chi connectivity index (χ4v) is 2.15. The molecule has 130 valence electrons. The average Bonchev–Trinajstić information content (AvgIpc) is 2.98. The van der Waals surface area contributed by atoms with Crippen molar-refractivity contribution >= 4 is 5.91 Å². The van der Waals surface area contributed by atoms with Gasteiger partial charge in [-0.2, -0.15) is 4.98 Å². The van der Waals surface area contributed by atoms with Crippen molar-refractivity contribution in [3.05, 3.63) is 47.4 Å². The zero-order chi connectivity index (χ0) is 17.6. The summed E-state index contributed by atoms with van der Waals surface area (Å²) in [4.78, 5) is 16.2. The molecule has 24 heavy (non-hydrogen) atoms. The van der Waals surface area contributed by atoms with Crippen LogP contribution in [0.2, 0.25) is 0 Å². The Labute approximate surface area is 141 Å². The van der Waals surface area contributed by atoms with E-state index >= 15 is 0 Å². The van der Waals surface area contributed by atoms with Crippen molar-refractivity contribution in [1.29, 1.82) is 0 Å². The molecule has 0 saturated heterocycles. The van der Waals surface area contributed by atoms with Gasteiger partial charge in [-0.25, -0.2) is 4.39 Å². The van der Waals surface area contributed by atoms with Crippen LogP contribution in [0, 0.1) is 5.82 Å². The summed E-state index contributed by atoms with van der Waals surface area (Å²) < 4.78 is 18.0. The number of nitrogens with one attached hydrogen (secondary N) is 1. The fraction of sp³-hybridized carbons (Fsp3) is 0.500. The third-order valence-corrected chi connectivity index (χ3v) is 3.58. The van der Waals surface area contributed by atoms with Gasteiger partial charge in [-0.3, -0.25) is 4.79 Å². The summed E-state index contributed by atoms with van der Waals surface area (Å²) in [6.07, 6.45) is 2.35. The van der Waals surface area contributed by atoms with Crippen LogP contribution in [-0.4, -0.2) is 22.6 Å². The number of rotatable bonds is 7. The van der Waals surface area contributed by atoms with Crippen molar-refractivity contribution in [2.75, 3.05) is 6.54 Å². The molecule has 0 aliphatic rings. The van der Waals surface area contributed by atoms with Gasteiger partial charge in [0, 0.05) is 24.8 Å². The lowest BCUT2D eigenvalue weighted by atomic mass is 9.96. The Morgan fingerprint density at radius 3 is 2.54 bits per heavy atom. The quantitative estimate of drug-likeness (QED) is 0.845. The lowest BCUT2D eigenvalue weighted by molar-refractivity contribution is -0.121. The van der Waals surface area contributed by atoms with Crippen LogP contribution in [0.5, 0.6) is 0 Å². The molecule has 1 aromatic heterocycles. The number of amides is 1. The number of halogens is 1. The highest BCUT2D eigenvalue weighted by Gasteiger charge is 2.20. The van der Waals surface area contributed by atoms with Gasteiger partial charge in [0.1, 0.15) is 5.82 Å². The molecule has 1 aromatic carbocycles. The van der Waals surface area contributed by atoms with E-state index in [1.165, 1.54) is 12.1 Å². The van der Waals surface area contributed by atoms with Gasteiger partial charge >= 0.3 is 0 Å². The molecule has 2 aromatic rings. The first-order valence-electron chi connectivity index (χ1n) is 8.19. The number of hydrogen-bond acceptors (Lipinski definition) is 4. The van der Waals surface area contributed by atoms with Crippen molar-refractivity contribution in [2.45, 2.75) is 51.9 Å². The van der Waals surface area contributed by atoms with Crippen molar-refractivity contribution in [3.63, 3.8) is 0 Å². The second-order valence-corrected chi connectivity index (χ2v) is 6.84. The normalized spacial score (nSPS) is 11.5. The zero-order valence-electron chi connectivity index (χ0n) is 14.4. The van der Waals surface area contributed by atoms with Gasteiger partial charge in [-0.1, -0.05) is 38.1 Å². The fourth-order valence-electron chi connectivity index (χ4n) is 2.15. The van der Waals surface area contributed by atoms with Crippen LogP contribution in [0.3, 0.4) is 0 Å². The van der Waals surface area contributed by atoms with Crippen LogP contribution < -0.4 is 5.32 Å². The number of hydrogen-bond donors (Lipinski definition) is 1. The summed E-state index contributed by atoms with van der Waals surface area (Å²) in [5, 5.41) is 6.82. The number of carbonyl (C=O) groups excluding carboxylic acids is 1. The standard InChI is InChI=1S/C18H24FN3O2/c1-18(2,3)17-21-16(24-22-17)6-4-5-15(23)20-12-11-13-7-9-14(19)10-8-13/h7-10H,4-6,11-12H2,1-3H3,(H,20,23). The lowest BCUT2D eigenvalue weighted by Gasteiger charge is -2.10. The van der Waals surface area contributed by atoms with E-state index in [2.05, 4.69) is 15.5 Å². The predicted molar refractivity (Wildman–Crippen MR) is 89.0 cm³/mol.